The van der Waals surface area contributed by atoms with Gasteiger partial charge in [0.05, 0.1) is 18.0 Å². The number of aliphatic hydroxyl groups excluding tert-OH is 1. The topological polar surface area (TPSA) is 69.6 Å². The number of carbonyl (C=O) groups excluding carboxylic acids is 1. The van der Waals surface area contributed by atoms with Crippen molar-refractivity contribution in [3.63, 3.8) is 0 Å². The molecule has 0 radical (unpaired) electrons. The third-order valence-electron chi connectivity index (χ3n) is 5.56. The Kier molecular flexibility index (Phi) is 6.30. The Balaban J connectivity index is 1.71. The number of aromatic nitrogens is 2. The van der Waals surface area contributed by atoms with Crippen molar-refractivity contribution in [1.82, 2.24) is 14.9 Å². The van der Waals surface area contributed by atoms with Gasteiger partial charge in [-0.2, -0.15) is 13.2 Å². The molecule has 3 rings (SSSR count). The van der Waals surface area contributed by atoms with Crippen LogP contribution in [0.4, 0.5) is 19.0 Å². The van der Waals surface area contributed by atoms with E-state index in [0.717, 1.165) is 12.1 Å². The van der Waals surface area contributed by atoms with Crippen molar-refractivity contribution in [3.8, 4) is 0 Å². The van der Waals surface area contributed by atoms with E-state index in [4.69, 9.17) is 0 Å². The molecule has 0 atom stereocenters. The Hall–Kier alpha value is -2.68. The molecule has 0 bridgehead atoms. The van der Waals surface area contributed by atoms with Crippen LogP contribution < -0.4 is 4.90 Å². The molecule has 2 aromatic rings. The van der Waals surface area contributed by atoms with Crippen LogP contribution in [0.5, 0.6) is 0 Å². The van der Waals surface area contributed by atoms with Crippen molar-refractivity contribution in [2.24, 2.45) is 5.41 Å². The van der Waals surface area contributed by atoms with E-state index in [1.807, 2.05) is 4.90 Å². The van der Waals surface area contributed by atoms with E-state index < -0.39 is 17.2 Å². The Bertz CT molecular complexity index is 894. The van der Waals surface area contributed by atoms with Gasteiger partial charge in [0, 0.05) is 39.2 Å². The maximum Gasteiger partial charge on any atom is 0.416 e. The van der Waals surface area contributed by atoms with Crippen LogP contribution in [-0.2, 0) is 12.6 Å². The maximum atomic E-state index is 13.0. The lowest BCUT2D eigenvalue weighted by Gasteiger charge is -2.41. The predicted octanol–water partition coefficient (Wildman–Crippen LogP) is 3.02. The number of piperidine rings is 1. The standard InChI is InChI=1S/C21H25F3N4O2/c1-27(2)19(30)17-12-25-13-18(26-17)28-8-6-20(14-29,7-9-28)11-15-4-3-5-16(10-15)21(22,23)24/h3-5,10,12-13,29H,6-9,11,14H2,1-2H3. The zero-order chi connectivity index (χ0) is 21.9. The molecule has 0 saturated carbocycles. The highest BCUT2D eigenvalue weighted by atomic mass is 19.4. The fourth-order valence-corrected chi connectivity index (χ4v) is 3.73. The van der Waals surface area contributed by atoms with Gasteiger partial charge in [0.15, 0.2) is 0 Å². The van der Waals surface area contributed by atoms with Gasteiger partial charge < -0.3 is 14.9 Å². The lowest BCUT2D eigenvalue weighted by Crippen LogP contribution is -2.43. The van der Waals surface area contributed by atoms with E-state index in [1.165, 1.54) is 17.2 Å². The number of anilines is 1. The van der Waals surface area contributed by atoms with E-state index in [0.29, 0.717) is 43.7 Å². The first-order valence-corrected chi connectivity index (χ1v) is 9.69. The summed E-state index contributed by atoms with van der Waals surface area (Å²) in [5.74, 6) is 0.337. The summed E-state index contributed by atoms with van der Waals surface area (Å²) in [4.78, 5) is 24.0. The summed E-state index contributed by atoms with van der Waals surface area (Å²) in [6.07, 6.45) is 0.165. The van der Waals surface area contributed by atoms with Crippen LogP contribution in [-0.4, -0.2) is 59.7 Å². The molecule has 1 amide bonds. The predicted molar refractivity (Wildman–Crippen MR) is 106 cm³/mol. The number of alkyl halides is 3. The van der Waals surface area contributed by atoms with Gasteiger partial charge in [0.1, 0.15) is 11.5 Å². The van der Waals surface area contributed by atoms with Gasteiger partial charge in [0.2, 0.25) is 0 Å². The van der Waals surface area contributed by atoms with E-state index in [-0.39, 0.29) is 18.2 Å². The molecule has 162 valence electrons. The minimum absolute atomic E-state index is 0.109. The molecule has 1 aliphatic heterocycles. The largest absolute Gasteiger partial charge is 0.416 e. The lowest BCUT2D eigenvalue weighted by molar-refractivity contribution is -0.137. The summed E-state index contributed by atoms with van der Waals surface area (Å²) in [5.41, 5.74) is -0.361. The molecule has 0 aliphatic carbocycles. The summed E-state index contributed by atoms with van der Waals surface area (Å²) in [5, 5.41) is 10.0. The number of hydrogen-bond acceptors (Lipinski definition) is 5. The molecule has 9 heteroatoms. The summed E-state index contributed by atoms with van der Waals surface area (Å²) < 4.78 is 39.0. The van der Waals surface area contributed by atoms with Crippen molar-refractivity contribution in [2.45, 2.75) is 25.4 Å². The Morgan fingerprint density at radius 1 is 1.23 bits per heavy atom. The number of hydrogen-bond donors (Lipinski definition) is 1. The molecule has 30 heavy (non-hydrogen) atoms. The summed E-state index contributed by atoms with van der Waals surface area (Å²) in [6, 6.07) is 5.28. The minimum atomic E-state index is -4.39. The Morgan fingerprint density at radius 3 is 2.53 bits per heavy atom. The second-order valence-electron chi connectivity index (χ2n) is 7.98. The van der Waals surface area contributed by atoms with Gasteiger partial charge in [-0.3, -0.25) is 9.78 Å². The maximum absolute atomic E-state index is 13.0. The smallest absolute Gasteiger partial charge is 0.396 e. The van der Waals surface area contributed by atoms with Crippen molar-refractivity contribution in [2.75, 3.05) is 38.7 Å². The van der Waals surface area contributed by atoms with Gasteiger partial charge in [-0.1, -0.05) is 18.2 Å². The van der Waals surface area contributed by atoms with E-state index in [2.05, 4.69) is 9.97 Å². The molecule has 6 nitrogen and oxygen atoms in total. The van der Waals surface area contributed by atoms with Crippen LogP contribution in [0, 0.1) is 5.41 Å². The fraction of sp³-hybridized carbons (Fsp3) is 0.476. The first-order chi connectivity index (χ1) is 14.1. The zero-order valence-corrected chi connectivity index (χ0v) is 17.0. The quantitative estimate of drug-likeness (QED) is 0.802. The zero-order valence-electron chi connectivity index (χ0n) is 17.0. The second kappa shape index (κ2) is 8.59. The summed E-state index contributed by atoms with van der Waals surface area (Å²) >= 11 is 0. The highest BCUT2D eigenvalue weighted by molar-refractivity contribution is 5.91. The second-order valence-corrected chi connectivity index (χ2v) is 7.98. The first-order valence-electron chi connectivity index (χ1n) is 9.69. The normalized spacial score (nSPS) is 16.4. The lowest BCUT2D eigenvalue weighted by atomic mass is 9.74. The van der Waals surface area contributed by atoms with Crippen LogP contribution >= 0.6 is 0 Å². The molecule has 1 aromatic carbocycles. The number of rotatable bonds is 5. The number of benzene rings is 1. The summed E-state index contributed by atoms with van der Waals surface area (Å²) in [6.45, 7) is 1.02. The van der Waals surface area contributed by atoms with E-state index in [9.17, 15) is 23.1 Å². The Labute approximate surface area is 173 Å². The number of nitrogens with zero attached hydrogens (tertiary/aromatic N) is 4. The molecule has 1 N–H and O–H groups in total. The van der Waals surface area contributed by atoms with Crippen LogP contribution in [0.3, 0.4) is 0 Å². The molecular formula is C21H25F3N4O2. The molecule has 1 fully saturated rings. The van der Waals surface area contributed by atoms with Gasteiger partial charge in [-0.15, -0.1) is 0 Å². The molecule has 2 heterocycles. The molecule has 1 aliphatic rings. The third kappa shape index (κ3) is 4.89. The van der Waals surface area contributed by atoms with E-state index >= 15 is 0 Å². The number of carbonyl (C=O) groups is 1. The van der Waals surface area contributed by atoms with Crippen molar-refractivity contribution >= 4 is 11.7 Å². The van der Waals surface area contributed by atoms with E-state index in [1.54, 1.807) is 26.4 Å². The number of aliphatic hydroxyl groups is 1. The monoisotopic (exact) mass is 422 g/mol. The Morgan fingerprint density at radius 2 is 1.93 bits per heavy atom. The van der Waals surface area contributed by atoms with Crippen molar-refractivity contribution in [3.05, 3.63) is 53.5 Å². The van der Waals surface area contributed by atoms with Gasteiger partial charge in [-0.05, 0) is 30.9 Å². The van der Waals surface area contributed by atoms with Crippen LogP contribution in [0.2, 0.25) is 0 Å². The minimum Gasteiger partial charge on any atom is -0.396 e. The van der Waals surface area contributed by atoms with Gasteiger partial charge in [0.25, 0.3) is 5.91 Å². The van der Waals surface area contributed by atoms with Crippen LogP contribution in [0.15, 0.2) is 36.7 Å². The average molecular weight is 422 g/mol. The summed E-state index contributed by atoms with van der Waals surface area (Å²) in [7, 11) is 3.28. The third-order valence-corrected chi connectivity index (χ3v) is 5.56. The van der Waals surface area contributed by atoms with Crippen LogP contribution in [0.25, 0.3) is 0 Å². The highest BCUT2D eigenvalue weighted by Crippen LogP contribution is 2.37. The molecule has 0 spiro atoms. The average Bonchev–Trinajstić information content (AvgIpc) is 2.73. The molecule has 1 aromatic heterocycles. The molecule has 1 saturated heterocycles. The fourth-order valence-electron chi connectivity index (χ4n) is 3.73. The number of amides is 1. The first kappa shape index (κ1) is 22.0. The molecular weight excluding hydrogens is 397 g/mol. The van der Waals surface area contributed by atoms with Crippen molar-refractivity contribution in [1.29, 1.82) is 0 Å². The molecule has 0 unspecified atom stereocenters. The van der Waals surface area contributed by atoms with Gasteiger partial charge >= 0.3 is 6.18 Å². The van der Waals surface area contributed by atoms with Crippen LogP contribution in [0.1, 0.15) is 34.5 Å². The SMILES string of the molecule is CN(C)C(=O)c1cncc(N2CCC(CO)(Cc3cccc(C(F)(F)F)c3)CC2)n1. The van der Waals surface area contributed by atoms with Crippen molar-refractivity contribution < 1.29 is 23.1 Å². The van der Waals surface area contributed by atoms with Gasteiger partial charge in [-0.25, -0.2) is 4.98 Å². The highest BCUT2D eigenvalue weighted by Gasteiger charge is 2.36. The number of halogens is 3.